The van der Waals surface area contributed by atoms with Gasteiger partial charge in [-0.3, -0.25) is 0 Å². The van der Waals surface area contributed by atoms with E-state index in [0.29, 0.717) is 22.0 Å². The Morgan fingerprint density at radius 1 is 0.722 bits per heavy atom. The van der Waals surface area contributed by atoms with Crippen LogP contribution in [-0.2, 0) is 9.47 Å². The predicted molar refractivity (Wildman–Crippen MR) is 82.6 cm³/mol. The highest BCUT2D eigenvalue weighted by Gasteiger charge is 2.48. The van der Waals surface area contributed by atoms with Crippen LogP contribution in [0.15, 0.2) is 0 Å². The maximum absolute atomic E-state index is 6.12. The highest BCUT2D eigenvalue weighted by atomic mass is 31.1. The van der Waals surface area contributed by atoms with Gasteiger partial charge in [-0.15, -0.1) is 0 Å². The Balaban J connectivity index is 2.15. The molecule has 0 aromatic heterocycles. The van der Waals surface area contributed by atoms with Gasteiger partial charge >= 0.3 is 0 Å². The van der Waals surface area contributed by atoms with Crippen LogP contribution in [0, 0.1) is 0 Å². The fraction of sp³-hybridized carbons (Fsp3) is 1.00. The molecule has 0 aromatic rings. The molecule has 18 heavy (non-hydrogen) atoms. The zero-order valence-electron chi connectivity index (χ0n) is 12.7. The van der Waals surface area contributed by atoms with Gasteiger partial charge in [-0.05, 0) is 22.6 Å². The third-order valence-electron chi connectivity index (χ3n) is 3.82. The molecule has 0 amide bonds. The van der Waals surface area contributed by atoms with Crippen LogP contribution in [-0.4, -0.2) is 47.5 Å². The first-order valence-electron chi connectivity index (χ1n) is 6.98. The average Bonchev–Trinajstić information content (AvgIpc) is 2.83. The minimum Gasteiger partial charge on any atom is -0.370 e. The summed E-state index contributed by atoms with van der Waals surface area (Å²) in [6.07, 6.45) is 2.52. The number of hydrogen-bond donors (Lipinski definition) is 0. The van der Waals surface area contributed by atoms with Crippen molar-refractivity contribution in [3.05, 3.63) is 0 Å². The van der Waals surface area contributed by atoms with Gasteiger partial charge in [0, 0.05) is 0 Å². The summed E-state index contributed by atoms with van der Waals surface area (Å²) in [4.78, 5) is 0. The quantitative estimate of drug-likeness (QED) is 0.672. The molecule has 2 aliphatic rings. The molecule has 4 atom stereocenters. The zero-order chi connectivity index (χ0) is 13.6. The van der Waals surface area contributed by atoms with Crippen molar-refractivity contribution >= 4 is 15.8 Å². The minimum atomic E-state index is -0.0654. The molecule has 0 saturated carbocycles. The van der Waals surface area contributed by atoms with Crippen molar-refractivity contribution in [1.29, 1.82) is 0 Å². The average molecular weight is 290 g/mol. The summed E-state index contributed by atoms with van der Waals surface area (Å²) in [5.41, 5.74) is 0. The second-order valence-corrected chi connectivity index (χ2v) is 13.7. The lowest BCUT2D eigenvalue weighted by atomic mass is 10.3. The van der Waals surface area contributed by atoms with Crippen LogP contribution in [0.25, 0.3) is 0 Å². The van der Waals surface area contributed by atoms with E-state index in [-0.39, 0.29) is 15.8 Å². The maximum atomic E-state index is 6.12. The van der Waals surface area contributed by atoms with Gasteiger partial charge in [-0.2, -0.15) is 0 Å². The van der Waals surface area contributed by atoms with Gasteiger partial charge in [0.05, 0.1) is 13.2 Å². The lowest BCUT2D eigenvalue weighted by molar-refractivity contribution is 0.0349. The standard InChI is InChI=1S/C14H28O2P2/c1-13(2,3)17-9-7-15-11(17)12-16-8-10-18(12)14(4,5)6/h11-12H,7-10H2,1-6H3/t11-,12?,17-,18-/m0/s1. The van der Waals surface area contributed by atoms with Crippen molar-refractivity contribution in [2.45, 2.75) is 63.5 Å². The second kappa shape index (κ2) is 5.28. The van der Waals surface area contributed by atoms with Crippen molar-refractivity contribution < 1.29 is 9.47 Å². The third-order valence-corrected chi connectivity index (χ3v) is 10.9. The summed E-state index contributed by atoms with van der Waals surface area (Å²) in [6, 6.07) is 0. The molecule has 2 heterocycles. The van der Waals surface area contributed by atoms with E-state index in [1.165, 1.54) is 12.3 Å². The second-order valence-electron chi connectivity index (χ2n) is 7.25. The first-order valence-corrected chi connectivity index (χ1v) is 10.2. The number of ether oxygens (including phenoxy) is 2. The van der Waals surface area contributed by atoms with Crippen LogP contribution < -0.4 is 0 Å². The molecule has 0 spiro atoms. The molecular formula is C14H28O2P2. The van der Waals surface area contributed by atoms with Crippen LogP contribution in [0.3, 0.4) is 0 Å². The highest BCUT2D eigenvalue weighted by molar-refractivity contribution is 7.64. The van der Waals surface area contributed by atoms with Crippen molar-refractivity contribution in [3.8, 4) is 0 Å². The van der Waals surface area contributed by atoms with Crippen molar-refractivity contribution in [1.82, 2.24) is 0 Å². The Bertz CT molecular complexity index is 263. The van der Waals surface area contributed by atoms with Crippen molar-refractivity contribution in [2.24, 2.45) is 0 Å². The molecule has 2 nitrogen and oxygen atoms in total. The van der Waals surface area contributed by atoms with Crippen molar-refractivity contribution in [2.75, 3.05) is 25.5 Å². The first-order chi connectivity index (χ1) is 8.21. The van der Waals surface area contributed by atoms with Gasteiger partial charge < -0.3 is 9.47 Å². The molecule has 0 bridgehead atoms. The molecular weight excluding hydrogens is 262 g/mol. The monoisotopic (exact) mass is 290 g/mol. The van der Waals surface area contributed by atoms with E-state index in [9.17, 15) is 0 Å². The molecule has 2 fully saturated rings. The fourth-order valence-corrected chi connectivity index (χ4v) is 9.19. The fourth-order valence-electron chi connectivity index (χ4n) is 2.88. The maximum Gasteiger partial charge on any atom is 0.107 e. The van der Waals surface area contributed by atoms with E-state index in [0.717, 1.165) is 13.2 Å². The molecule has 106 valence electrons. The van der Waals surface area contributed by atoms with Gasteiger partial charge in [0.25, 0.3) is 0 Å². The molecule has 1 unspecified atom stereocenters. The number of rotatable bonds is 1. The van der Waals surface area contributed by atoms with Gasteiger partial charge in [-0.1, -0.05) is 57.4 Å². The zero-order valence-corrected chi connectivity index (χ0v) is 14.5. The summed E-state index contributed by atoms with van der Waals surface area (Å²) in [6.45, 7) is 16.1. The smallest absolute Gasteiger partial charge is 0.107 e. The Hall–Kier alpha value is 0.780. The van der Waals surface area contributed by atoms with Gasteiger partial charge in [0.1, 0.15) is 11.7 Å². The van der Waals surface area contributed by atoms with E-state index in [1.54, 1.807) is 0 Å². The van der Waals surface area contributed by atoms with Crippen LogP contribution in [0.1, 0.15) is 41.5 Å². The largest absolute Gasteiger partial charge is 0.370 e. The first kappa shape index (κ1) is 15.2. The lowest BCUT2D eigenvalue weighted by Gasteiger charge is -2.39. The molecule has 4 heteroatoms. The normalized spacial score (nSPS) is 38.3. The van der Waals surface area contributed by atoms with Crippen LogP contribution in [0.2, 0.25) is 0 Å². The lowest BCUT2D eigenvalue weighted by Crippen LogP contribution is -2.31. The van der Waals surface area contributed by atoms with Gasteiger partial charge in [0.15, 0.2) is 0 Å². The molecule has 0 N–H and O–H groups in total. The Labute approximate surface area is 115 Å². The van der Waals surface area contributed by atoms with Crippen LogP contribution >= 0.6 is 15.8 Å². The van der Waals surface area contributed by atoms with E-state index >= 15 is 0 Å². The molecule has 2 rings (SSSR count). The molecule has 2 saturated heterocycles. The van der Waals surface area contributed by atoms with Gasteiger partial charge in [0.2, 0.25) is 0 Å². The molecule has 0 radical (unpaired) electrons. The van der Waals surface area contributed by atoms with Crippen LogP contribution in [0.5, 0.6) is 0 Å². The van der Waals surface area contributed by atoms with Crippen molar-refractivity contribution in [3.63, 3.8) is 0 Å². The Morgan fingerprint density at radius 3 is 1.33 bits per heavy atom. The molecule has 0 aliphatic carbocycles. The topological polar surface area (TPSA) is 18.5 Å². The van der Waals surface area contributed by atoms with E-state index in [2.05, 4.69) is 41.5 Å². The van der Waals surface area contributed by atoms with Gasteiger partial charge in [-0.25, -0.2) is 0 Å². The summed E-state index contributed by atoms with van der Waals surface area (Å²) >= 11 is 0. The predicted octanol–water partition coefficient (Wildman–Crippen LogP) is 4.26. The summed E-state index contributed by atoms with van der Waals surface area (Å²) in [5.74, 6) is 0.792. The molecule has 2 aliphatic heterocycles. The summed E-state index contributed by atoms with van der Waals surface area (Å²) in [7, 11) is -0.131. The van der Waals surface area contributed by atoms with E-state index in [4.69, 9.17) is 9.47 Å². The molecule has 0 aromatic carbocycles. The Morgan fingerprint density at radius 2 is 1.06 bits per heavy atom. The minimum absolute atomic E-state index is 0.0654. The van der Waals surface area contributed by atoms with E-state index < -0.39 is 0 Å². The Kier molecular flexibility index (Phi) is 4.45. The summed E-state index contributed by atoms with van der Waals surface area (Å²) in [5, 5.41) is 0.780. The summed E-state index contributed by atoms with van der Waals surface area (Å²) < 4.78 is 12.2. The third kappa shape index (κ3) is 3.09. The highest BCUT2D eigenvalue weighted by Crippen LogP contribution is 2.67. The van der Waals surface area contributed by atoms with E-state index in [1.807, 2.05) is 0 Å². The van der Waals surface area contributed by atoms with Crippen LogP contribution in [0.4, 0.5) is 0 Å². The number of hydrogen-bond acceptors (Lipinski definition) is 2. The SMILES string of the molecule is CC(C)(C)[P@@]1CCOC1[C@H]1OCC[P@]1C(C)(C)C.